The topological polar surface area (TPSA) is 57.6 Å². The predicted molar refractivity (Wildman–Crippen MR) is 92.7 cm³/mol. The van der Waals surface area contributed by atoms with Crippen LogP contribution < -0.4 is 0 Å². The van der Waals surface area contributed by atoms with E-state index in [9.17, 15) is 23.5 Å². The average Bonchev–Trinajstić information content (AvgIpc) is 2.61. The molecule has 1 saturated heterocycles. The molecule has 0 spiro atoms. The number of carbonyl (C=O) groups excluding carboxylic acids is 1. The molecule has 4 nitrogen and oxygen atoms in total. The normalized spacial score (nSPS) is 20.0. The van der Waals surface area contributed by atoms with Gasteiger partial charge in [-0.1, -0.05) is 18.2 Å². The Morgan fingerprint density at radius 2 is 1.73 bits per heavy atom. The van der Waals surface area contributed by atoms with Gasteiger partial charge in [-0.05, 0) is 55.2 Å². The molecule has 1 fully saturated rings. The van der Waals surface area contributed by atoms with Crippen molar-refractivity contribution >= 4 is 11.9 Å². The molecule has 3 rings (SSSR count). The molecule has 1 N–H and O–H groups in total. The van der Waals surface area contributed by atoms with Gasteiger partial charge in [0.1, 0.15) is 11.6 Å². The summed E-state index contributed by atoms with van der Waals surface area (Å²) in [5, 5.41) is 9.28. The van der Waals surface area contributed by atoms with E-state index in [1.807, 2.05) is 0 Å². The lowest BCUT2D eigenvalue weighted by molar-refractivity contribution is -0.144. The van der Waals surface area contributed by atoms with Gasteiger partial charge < -0.3 is 10.0 Å². The van der Waals surface area contributed by atoms with Crippen LogP contribution in [0.5, 0.6) is 0 Å². The van der Waals surface area contributed by atoms with Crippen LogP contribution in [0.15, 0.2) is 42.5 Å². The van der Waals surface area contributed by atoms with Crippen LogP contribution in [0.4, 0.5) is 8.78 Å². The number of aliphatic carboxylic acids is 1. The molecule has 136 valence electrons. The molecule has 0 aromatic heterocycles. The van der Waals surface area contributed by atoms with Gasteiger partial charge in [0.2, 0.25) is 0 Å². The zero-order valence-electron chi connectivity index (χ0n) is 14.3. The first-order valence-corrected chi connectivity index (χ1v) is 8.47. The van der Waals surface area contributed by atoms with E-state index >= 15 is 0 Å². The standard InChI is InChI=1S/C20H19F2NO3/c1-12-16(20(25)26)3-2-10-23(12)19(24)17-9-6-14(11-18(17)22)13-4-7-15(21)8-5-13/h4-9,11-12,16H,2-3,10H2,1H3,(H,25,26)/t12-,16-/m1/s1. The highest BCUT2D eigenvalue weighted by molar-refractivity contribution is 5.95. The molecule has 0 unspecified atom stereocenters. The van der Waals surface area contributed by atoms with Gasteiger partial charge in [-0.15, -0.1) is 0 Å². The minimum absolute atomic E-state index is 0.0891. The fourth-order valence-electron chi connectivity index (χ4n) is 3.43. The van der Waals surface area contributed by atoms with Crippen LogP contribution in [-0.4, -0.2) is 34.5 Å². The summed E-state index contributed by atoms with van der Waals surface area (Å²) in [6, 6.07) is 9.39. The van der Waals surface area contributed by atoms with Crippen LogP contribution in [0.1, 0.15) is 30.1 Å². The second-order valence-corrected chi connectivity index (χ2v) is 6.53. The van der Waals surface area contributed by atoms with Gasteiger partial charge in [0.25, 0.3) is 5.91 Å². The number of carbonyl (C=O) groups is 2. The summed E-state index contributed by atoms with van der Waals surface area (Å²) in [5.74, 6) is -3.16. The number of hydrogen-bond acceptors (Lipinski definition) is 2. The van der Waals surface area contributed by atoms with E-state index in [4.69, 9.17) is 0 Å². The third-order valence-corrected chi connectivity index (χ3v) is 4.94. The third-order valence-electron chi connectivity index (χ3n) is 4.94. The molecular formula is C20H19F2NO3. The number of nitrogens with zero attached hydrogens (tertiary/aromatic N) is 1. The number of carboxylic acids is 1. The van der Waals surface area contributed by atoms with Crippen molar-refractivity contribution in [2.45, 2.75) is 25.8 Å². The summed E-state index contributed by atoms with van der Waals surface area (Å²) < 4.78 is 27.6. The Morgan fingerprint density at radius 1 is 1.08 bits per heavy atom. The molecule has 2 atom stereocenters. The first-order valence-electron chi connectivity index (χ1n) is 8.47. The van der Waals surface area contributed by atoms with Crippen LogP contribution in [0, 0.1) is 17.6 Å². The Labute approximate surface area is 150 Å². The Kier molecular flexibility index (Phi) is 5.02. The molecule has 1 aliphatic rings. The van der Waals surface area contributed by atoms with Gasteiger partial charge >= 0.3 is 5.97 Å². The number of carboxylic acid groups (broad SMARTS) is 1. The second-order valence-electron chi connectivity index (χ2n) is 6.53. The molecule has 0 aliphatic carbocycles. The lowest BCUT2D eigenvalue weighted by Gasteiger charge is -2.37. The first-order chi connectivity index (χ1) is 12.4. The number of halogens is 2. The molecule has 0 radical (unpaired) electrons. The summed E-state index contributed by atoms with van der Waals surface area (Å²) >= 11 is 0. The van der Waals surface area contributed by atoms with Gasteiger partial charge in [-0.2, -0.15) is 0 Å². The van der Waals surface area contributed by atoms with Crippen molar-refractivity contribution in [1.29, 1.82) is 0 Å². The Balaban J connectivity index is 1.86. The monoisotopic (exact) mass is 359 g/mol. The van der Waals surface area contributed by atoms with Crippen molar-refractivity contribution in [3.05, 3.63) is 59.7 Å². The zero-order chi connectivity index (χ0) is 18.8. The minimum atomic E-state index is -0.942. The van der Waals surface area contributed by atoms with Crippen molar-refractivity contribution in [3.63, 3.8) is 0 Å². The number of amides is 1. The van der Waals surface area contributed by atoms with Crippen molar-refractivity contribution < 1.29 is 23.5 Å². The molecule has 2 aromatic carbocycles. The Hall–Kier alpha value is -2.76. The van der Waals surface area contributed by atoms with Crippen LogP contribution >= 0.6 is 0 Å². The summed E-state index contributed by atoms with van der Waals surface area (Å²) in [7, 11) is 0. The van der Waals surface area contributed by atoms with E-state index in [0.717, 1.165) is 0 Å². The maximum absolute atomic E-state index is 14.6. The maximum Gasteiger partial charge on any atom is 0.308 e. The highest BCUT2D eigenvalue weighted by Gasteiger charge is 2.36. The number of likely N-dealkylation sites (tertiary alicyclic amines) is 1. The molecule has 1 heterocycles. The summed E-state index contributed by atoms with van der Waals surface area (Å²) in [6.07, 6.45) is 1.08. The highest BCUT2D eigenvalue weighted by Crippen LogP contribution is 2.28. The molecule has 2 aromatic rings. The third kappa shape index (κ3) is 3.45. The van der Waals surface area contributed by atoms with E-state index in [2.05, 4.69) is 0 Å². The van der Waals surface area contributed by atoms with Crippen molar-refractivity contribution in [2.24, 2.45) is 5.92 Å². The van der Waals surface area contributed by atoms with E-state index in [1.165, 1.54) is 41.3 Å². The molecule has 6 heteroatoms. The predicted octanol–water partition coefficient (Wildman–Crippen LogP) is 3.96. The number of rotatable bonds is 3. The number of piperidine rings is 1. The average molecular weight is 359 g/mol. The summed E-state index contributed by atoms with van der Waals surface area (Å²) in [6.45, 7) is 2.09. The molecule has 0 saturated carbocycles. The smallest absolute Gasteiger partial charge is 0.308 e. The van der Waals surface area contributed by atoms with Gasteiger partial charge in [0.15, 0.2) is 0 Å². The molecule has 1 amide bonds. The second kappa shape index (κ2) is 7.23. The van der Waals surface area contributed by atoms with E-state index in [-0.39, 0.29) is 11.4 Å². The van der Waals surface area contributed by atoms with Crippen LogP contribution in [-0.2, 0) is 4.79 Å². The van der Waals surface area contributed by atoms with E-state index in [1.54, 1.807) is 13.0 Å². The molecular weight excluding hydrogens is 340 g/mol. The maximum atomic E-state index is 14.6. The SMILES string of the molecule is C[C@@H]1[C@H](C(=O)O)CCCN1C(=O)c1ccc(-c2ccc(F)cc2)cc1F. The lowest BCUT2D eigenvalue weighted by atomic mass is 9.89. The van der Waals surface area contributed by atoms with Gasteiger partial charge in [-0.25, -0.2) is 8.78 Å². The number of benzene rings is 2. The number of hydrogen-bond donors (Lipinski definition) is 1. The lowest BCUT2D eigenvalue weighted by Crippen LogP contribution is -2.49. The Bertz CT molecular complexity index is 835. The van der Waals surface area contributed by atoms with Crippen molar-refractivity contribution in [3.8, 4) is 11.1 Å². The molecule has 26 heavy (non-hydrogen) atoms. The zero-order valence-corrected chi connectivity index (χ0v) is 14.3. The molecule has 0 bridgehead atoms. The first kappa shape index (κ1) is 18.0. The van der Waals surface area contributed by atoms with Gasteiger partial charge in [-0.3, -0.25) is 9.59 Å². The van der Waals surface area contributed by atoms with Crippen LogP contribution in [0.2, 0.25) is 0 Å². The highest BCUT2D eigenvalue weighted by atomic mass is 19.1. The van der Waals surface area contributed by atoms with Gasteiger partial charge in [0, 0.05) is 12.6 Å². The van der Waals surface area contributed by atoms with Crippen LogP contribution in [0.25, 0.3) is 11.1 Å². The van der Waals surface area contributed by atoms with Crippen molar-refractivity contribution in [2.75, 3.05) is 6.54 Å². The summed E-state index contributed by atoms with van der Waals surface area (Å²) in [4.78, 5) is 25.5. The van der Waals surface area contributed by atoms with E-state index < -0.39 is 29.7 Å². The fourth-order valence-corrected chi connectivity index (χ4v) is 3.43. The van der Waals surface area contributed by atoms with Gasteiger partial charge in [0.05, 0.1) is 11.5 Å². The quantitative estimate of drug-likeness (QED) is 0.903. The minimum Gasteiger partial charge on any atom is -0.481 e. The fraction of sp³-hybridized carbons (Fsp3) is 0.300. The van der Waals surface area contributed by atoms with E-state index in [0.29, 0.717) is 30.5 Å². The Morgan fingerprint density at radius 3 is 2.35 bits per heavy atom. The molecule has 1 aliphatic heterocycles. The van der Waals surface area contributed by atoms with Crippen LogP contribution in [0.3, 0.4) is 0 Å². The summed E-state index contributed by atoms with van der Waals surface area (Å²) in [5.41, 5.74) is 1.09. The van der Waals surface area contributed by atoms with Crippen molar-refractivity contribution in [1.82, 2.24) is 4.90 Å². The largest absolute Gasteiger partial charge is 0.481 e.